The Bertz CT molecular complexity index is 327. The standard InChI is InChI=1S/C14H20O2/c1-11(2)9-12-5-3-4-6-14(12)16-13-7-8-15-10-13/h3-6,11,13H,7-10H2,1-2H3. The smallest absolute Gasteiger partial charge is 0.124 e. The summed E-state index contributed by atoms with van der Waals surface area (Å²) in [5.74, 6) is 1.69. The molecule has 0 amide bonds. The average molecular weight is 220 g/mol. The third-order valence-corrected chi connectivity index (χ3v) is 2.78. The molecule has 1 aromatic rings. The van der Waals surface area contributed by atoms with Crippen molar-refractivity contribution < 1.29 is 9.47 Å². The Labute approximate surface area is 97.6 Å². The normalized spacial score (nSPS) is 20.3. The highest BCUT2D eigenvalue weighted by Crippen LogP contribution is 2.24. The fourth-order valence-corrected chi connectivity index (χ4v) is 2.01. The van der Waals surface area contributed by atoms with Crippen molar-refractivity contribution in [3.8, 4) is 5.75 Å². The summed E-state index contributed by atoms with van der Waals surface area (Å²) in [5, 5.41) is 0. The lowest BCUT2D eigenvalue weighted by atomic mass is 10.0. The highest BCUT2D eigenvalue weighted by molar-refractivity contribution is 5.33. The number of hydrogen-bond acceptors (Lipinski definition) is 2. The van der Waals surface area contributed by atoms with Gasteiger partial charge in [0.25, 0.3) is 0 Å². The number of hydrogen-bond donors (Lipinski definition) is 0. The molecule has 88 valence electrons. The molecule has 1 heterocycles. The van der Waals surface area contributed by atoms with Gasteiger partial charge in [-0.05, 0) is 24.0 Å². The van der Waals surface area contributed by atoms with Crippen molar-refractivity contribution in [2.45, 2.75) is 32.8 Å². The summed E-state index contributed by atoms with van der Waals surface area (Å²) in [7, 11) is 0. The Kier molecular flexibility index (Phi) is 3.83. The monoisotopic (exact) mass is 220 g/mol. The molecule has 0 N–H and O–H groups in total. The lowest BCUT2D eigenvalue weighted by Gasteiger charge is -2.16. The summed E-state index contributed by atoms with van der Waals surface area (Å²) in [6, 6.07) is 8.34. The van der Waals surface area contributed by atoms with Crippen LogP contribution in [0.3, 0.4) is 0 Å². The first-order valence-corrected chi connectivity index (χ1v) is 6.08. The molecule has 1 fully saturated rings. The zero-order valence-corrected chi connectivity index (χ0v) is 10.1. The molecule has 0 aromatic heterocycles. The van der Waals surface area contributed by atoms with E-state index in [0.717, 1.165) is 31.8 Å². The maximum Gasteiger partial charge on any atom is 0.124 e. The van der Waals surface area contributed by atoms with Gasteiger partial charge in [0.05, 0.1) is 13.2 Å². The number of para-hydroxylation sites is 1. The fraction of sp³-hybridized carbons (Fsp3) is 0.571. The van der Waals surface area contributed by atoms with E-state index in [2.05, 4.69) is 32.0 Å². The number of ether oxygens (including phenoxy) is 2. The molecule has 0 radical (unpaired) electrons. The molecule has 2 heteroatoms. The van der Waals surface area contributed by atoms with Gasteiger partial charge in [0, 0.05) is 6.42 Å². The SMILES string of the molecule is CC(C)Cc1ccccc1OC1CCOC1. The third kappa shape index (κ3) is 2.99. The molecule has 0 bridgehead atoms. The van der Waals surface area contributed by atoms with E-state index >= 15 is 0 Å². The molecule has 16 heavy (non-hydrogen) atoms. The quantitative estimate of drug-likeness (QED) is 0.776. The van der Waals surface area contributed by atoms with Gasteiger partial charge < -0.3 is 9.47 Å². The van der Waals surface area contributed by atoms with Crippen LogP contribution in [0.4, 0.5) is 0 Å². The zero-order chi connectivity index (χ0) is 11.4. The Balaban J connectivity index is 2.06. The van der Waals surface area contributed by atoms with E-state index in [4.69, 9.17) is 9.47 Å². The molecule has 1 atom stereocenters. The summed E-state index contributed by atoms with van der Waals surface area (Å²) in [6.45, 7) is 6.03. The summed E-state index contributed by atoms with van der Waals surface area (Å²) in [5.41, 5.74) is 1.31. The van der Waals surface area contributed by atoms with Crippen molar-refractivity contribution in [3.63, 3.8) is 0 Å². The molecule has 2 nitrogen and oxygen atoms in total. The largest absolute Gasteiger partial charge is 0.488 e. The molecule has 0 aliphatic carbocycles. The van der Waals surface area contributed by atoms with Crippen LogP contribution in [-0.2, 0) is 11.2 Å². The van der Waals surface area contributed by atoms with Crippen molar-refractivity contribution in [2.24, 2.45) is 5.92 Å². The lowest BCUT2D eigenvalue weighted by Crippen LogP contribution is -2.16. The minimum absolute atomic E-state index is 0.244. The average Bonchev–Trinajstić information content (AvgIpc) is 2.73. The first-order chi connectivity index (χ1) is 7.75. The molecule has 0 spiro atoms. The lowest BCUT2D eigenvalue weighted by molar-refractivity contribution is 0.140. The van der Waals surface area contributed by atoms with Crippen molar-refractivity contribution in [1.82, 2.24) is 0 Å². The fourth-order valence-electron chi connectivity index (χ4n) is 2.01. The Morgan fingerprint density at radius 1 is 1.38 bits per heavy atom. The molecule has 1 saturated heterocycles. The predicted octanol–water partition coefficient (Wildman–Crippen LogP) is 3.05. The van der Waals surface area contributed by atoms with Crippen LogP contribution in [0.25, 0.3) is 0 Å². The third-order valence-electron chi connectivity index (χ3n) is 2.78. The molecule has 1 aliphatic rings. The van der Waals surface area contributed by atoms with Crippen molar-refractivity contribution in [3.05, 3.63) is 29.8 Å². The predicted molar refractivity (Wildman–Crippen MR) is 64.8 cm³/mol. The second-order valence-corrected chi connectivity index (χ2v) is 4.81. The highest BCUT2D eigenvalue weighted by Gasteiger charge is 2.18. The minimum Gasteiger partial charge on any atom is -0.488 e. The molecule has 0 saturated carbocycles. The van der Waals surface area contributed by atoms with Crippen molar-refractivity contribution in [2.75, 3.05) is 13.2 Å². The first-order valence-electron chi connectivity index (χ1n) is 6.08. The van der Waals surface area contributed by atoms with Gasteiger partial charge in [0.2, 0.25) is 0 Å². The van der Waals surface area contributed by atoms with Gasteiger partial charge in [0.15, 0.2) is 0 Å². The summed E-state index contributed by atoms with van der Waals surface area (Å²) in [6.07, 6.45) is 2.33. The molecular weight excluding hydrogens is 200 g/mol. The highest BCUT2D eigenvalue weighted by atomic mass is 16.5. The number of rotatable bonds is 4. The second kappa shape index (κ2) is 5.35. The summed E-state index contributed by atoms with van der Waals surface area (Å²) < 4.78 is 11.3. The Hall–Kier alpha value is -1.02. The van der Waals surface area contributed by atoms with Crippen molar-refractivity contribution in [1.29, 1.82) is 0 Å². The van der Waals surface area contributed by atoms with Gasteiger partial charge in [-0.25, -0.2) is 0 Å². The Morgan fingerprint density at radius 2 is 2.19 bits per heavy atom. The van der Waals surface area contributed by atoms with E-state index in [9.17, 15) is 0 Å². The van der Waals surface area contributed by atoms with Crippen LogP contribution in [0.2, 0.25) is 0 Å². The van der Waals surface area contributed by atoms with E-state index in [1.807, 2.05) is 6.07 Å². The van der Waals surface area contributed by atoms with Crippen LogP contribution in [0.5, 0.6) is 5.75 Å². The van der Waals surface area contributed by atoms with E-state index in [0.29, 0.717) is 5.92 Å². The van der Waals surface area contributed by atoms with Crippen LogP contribution < -0.4 is 4.74 Å². The molecule has 1 unspecified atom stereocenters. The minimum atomic E-state index is 0.244. The van der Waals surface area contributed by atoms with E-state index in [1.165, 1.54) is 5.56 Å². The van der Waals surface area contributed by atoms with Gasteiger partial charge in [-0.1, -0.05) is 32.0 Å². The van der Waals surface area contributed by atoms with E-state index in [-0.39, 0.29) is 6.10 Å². The van der Waals surface area contributed by atoms with Crippen LogP contribution in [0.1, 0.15) is 25.8 Å². The number of benzene rings is 1. The van der Waals surface area contributed by atoms with Gasteiger partial charge in [-0.3, -0.25) is 0 Å². The van der Waals surface area contributed by atoms with Crippen molar-refractivity contribution >= 4 is 0 Å². The second-order valence-electron chi connectivity index (χ2n) is 4.81. The summed E-state index contributed by atoms with van der Waals surface area (Å²) in [4.78, 5) is 0. The zero-order valence-electron chi connectivity index (χ0n) is 10.1. The Morgan fingerprint density at radius 3 is 2.88 bits per heavy atom. The maximum absolute atomic E-state index is 5.98. The topological polar surface area (TPSA) is 18.5 Å². The van der Waals surface area contributed by atoms with Gasteiger partial charge in [0.1, 0.15) is 11.9 Å². The maximum atomic E-state index is 5.98. The summed E-state index contributed by atoms with van der Waals surface area (Å²) >= 11 is 0. The van der Waals surface area contributed by atoms with Gasteiger partial charge >= 0.3 is 0 Å². The van der Waals surface area contributed by atoms with Crippen LogP contribution >= 0.6 is 0 Å². The molecule has 1 aliphatic heterocycles. The molecule has 2 rings (SSSR count). The van der Waals surface area contributed by atoms with Crippen LogP contribution in [0.15, 0.2) is 24.3 Å². The first kappa shape index (κ1) is 11.5. The molecular formula is C14H20O2. The van der Waals surface area contributed by atoms with Gasteiger partial charge in [-0.15, -0.1) is 0 Å². The van der Waals surface area contributed by atoms with E-state index < -0.39 is 0 Å². The van der Waals surface area contributed by atoms with Crippen LogP contribution in [0, 0.1) is 5.92 Å². The van der Waals surface area contributed by atoms with Crippen LogP contribution in [-0.4, -0.2) is 19.3 Å². The van der Waals surface area contributed by atoms with Gasteiger partial charge in [-0.2, -0.15) is 0 Å². The molecule has 1 aromatic carbocycles. The van der Waals surface area contributed by atoms with E-state index in [1.54, 1.807) is 0 Å².